The summed E-state index contributed by atoms with van der Waals surface area (Å²) < 4.78 is 32.4. The highest BCUT2D eigenvalue weighted by atomic mass is 19.1. The standard InChI is InChI=1S/C26H27F2N3O3/c1-17-4-3-5-19(12-17)25(32)31-24(15-18-13-20(27)16-21(28)14-18)26(33)30-11-10-29-22-6-8-23(34-2)9-7-22/h3-9,12-14,16,24,29H,10-11,15H2,1-2H3,(H,30,33)(H,31,32). The fourth-order valence-electron chi connectivity index (χ4n) is 3.43. The Morgan fingerprint density at radius 2 is 1.65 bits per heavy atom. The molecule has 0 bridgehead atoms. The number of hydrogen-bond acceptors (Lipinski definition) is 4. The van der Waals surface area contributed by atoms with Crippen LogP contribution in [0, 0.1) is 18.6 Å². The lowest BCUT2D eigenvalue weighted by Crippen LogP contribution is -2.48. The van der Waals surface area contributed by atoms with E-state index in [0.29, 0.717) is 12.1 Å². The number of ether oxygens (including phenoxy) is 1. The average Bonchev–Trinajstić information content (AvgIpc) is 2.81. The highest BCUT2D eigenvalue weighted by molar-refractivity contribution is 5.97. The van der Waals surface area contributed by atoms with Gasteiger partial charge in [-0.2, -0.15) is 0 Å². The zero-order valence-electron chi connectivity index (χ0n) is 19.0. The van der Waals surface area contributed by atoms with E-state index in [1.807, 2.05) is 37.3 Å². The first-order valence-corrected chi connectivity index (χ1v) is 10.8. The fourth-order valence-corrected chi connectivity index (χ4v) is 3.43. The SMILES string of the molecule is COc1ccc(NCCNC(=O)C(Cc2cc(F)cc(F)c2)NC(=O)c2cccc(C)c2)cc1. The third-order valence-corrected chi connectivity index (χ3v) is 5.11. The molecule has 1 unspecified atom stereocenters. The normalized spacial score (nSPS) is 11.4. The smallest absolute Gasteiger partial charge is 0.251 e. The van der Waals surface area contributed by atoms with Gasteiger partial charge >= 0.3 is 0 Å². The lowest BCUT2D eigenvalue weighted by molar-refractivity contribution is -0.122. The second kappa shape index (κ2) is 11.8. The number of anilines is 1. The van der Waals surface area contributed by atoms with Gasteiger partial charge in [0.05, 0.1) is 7.11 Å². The molecule has 0 radical (unpaired) electrons. The van der Waals surface area contributed by atoms with E-state index in [4.69, 9.17) is 4.74 Å². The molecule has 34 heavy (non-hydrogen) atoms. The van der Waals surface area contributed by atoms with Crippen LogP contribution in [0.3, 0.4) is 0 Å². The molecule has 3 N–H and O–H groups in total. The van der Waals surface area contributed by atoms with E-state index in [1.54, 1.807) is 25.3 Å². The van der Waals surface area contributed by atoms with Gasteiger partial charge < -0.3 is 20.7 Å². The molecule has 0 saturated heterocycles. The van der Waals surface area contributed by atoms with Crippen molar-refractivity contribution in [2.24, 2.45) is 0 Å². The number of methoxy groups -OCH3 is 1. The third-order valence-electron chi connectivity index (χ3n) is 5.11. The summed E-state index contributed by atoms with van der Waals surface area (Å²) in [6, 6.07) is 16.3. The van der Waals surface area contributed by atoms with E-state index in [2.05, 4.69) is 16.0 Å². The van der Waals surface area contributed by atoms with Gasteiger partial charge in [-0.25, -0.2) is 8.78 Å². The van der Waals surface area contributed by atoms with Gasteiger partial charge in [0.25, 0.3) is 5.91 Å². The minimum atomic E-state index is -1.02. The van der Waals surface area contributed by atoms with Crippen LogP contribution in [0.15, 0.2) is 66.7 Å². The topological polar surface area (TPSA) is 79.5 Å². The monoisotopic (exact) mass is 467 g/mol. The molecule has 2 amide bonds. The summed E-state index contributed by atoms with van der Waals surface area (Å²) in [5.74, 6) is -1.66. The van der Waals surface area contributed by atoms with Gasteiger partial charge in [0.2, 0.25) is 5.91 Å². The molecule has 0 aliphatic rings. The molecular weight excluding hydrogens is 440 g/mol. The van der Waals surface area contributed by atoms with E-state index in [9.17, 15) is 18.4 Å². The Kier molecular flexibility index (Phi) is 8.56. The van der Waals surface area contributed by atoms with Crippen LogP contribution in [0.2, 0.25) is 0 Å². The van der Waals surface area contributed by atoms with Gasteiger partial charge in [0, 0.05) is 36.8 Å². The van der Waals surface area contributed by atoms with Crippen molar-refractivity contribution in [2.45, 2.75) is 19.4 Å². The minimum absolute atomic E-state index is 0.0655. The molecule has 0 aromatic heterocycles. The predicted molar refractivity (Wildman–Crippen MR) is 127 cm³/mol. The number of amides is 2. The molecule has 0 aliphatic carbocycles. The lowest BCUT2D eigenvalue weighted by atomic mass is 10.0. The van der Waals surface area contributed by atoms with Gasteiger partial charge in [-0.15, -0.1) is 0 Å². The highest BCUT2D eigenvalue weighted by Gasteiger charge is 2.22. The number of aryl methyl sites for hydroxylation is 1. The summed E-state index contributed by atoms with van der Waals surface area (Å²) >= 11 is 0. The molecule has 178 valence electrons. The van der Waals surface area contributed by atoms with Crippen molar-refractivity contribution >= 4 is 17.5 Å². The zero-order chi connectivity index (χ0) is 24.5. The Balaban J connectivity index is 1.64. The molecule has 3 rings (SSSR count). The number of benzene rings is 3. The molecule has 0 spiro atoms. The summed E-state index contributed by atoms with van der Waals surface area (Å²) in [4.78, 5) is 25.6. The third kappa shape index (κ3) is 7.30. The summed E-state index contributed by atoms with van der Waals surface area (Å²) in [5.41, 5.74) is 2.41. The maximum atomic E-state index is 13.7. The second-order valence-electron chi connectivity index (χ2n) is 7.82. The van der Waals surface area contributed by atoms with Gasteiger partial charge in [-0.1, -0.05) is 17.7 Å². The van der Waals surface area contributed by atoms with Gasteiger partial charge in [-0.3, -0.25) is 9.59 Å². The van der Waals surface area contributed by atoms with Crippen molar-refractivity contribution in [1.29, 1.82) is 0 Å². The van der Waals surface area contributed by atoms with Gasteiger partial charge in [-0.05, 0) is 61.0 Å². The van der Waals surface area contributed by atoms with Gasteiger partial charge in [0.1, 0.15) is 23.4 Å². The van der Waals surface area contributed by atoms with Crippen LogP contribution in [0.5, 0.6) is 5.75 Å². The number of hydrogen-bond donors (Lipinski definition) is 3. The first-order valence-electron chi connectivity index (χ1n) is 10.8. The van der Waals surface area contributed by atoms with Crippen LogP contribution in [0.1, 0.15) is 21.5 Å². The first-order chi connectivity index (χ1) is 16.3. The van der Waals surface area contributed by atoms with E-state index in [-0.39, 0.29) is 18.5 Å². The van der Waals surface area contributed by atoms with Crippen LogP contribution >= 0.6 is 0 Å². The van der Waals surface area contributed by atoms with E-state index in [0.717, 1.165) is 35.2 Å². The Morgan fingerprint density at radius 3 is 2.29 bits per heavy atom. The van der Waals surface area contributed by atoms with Gasteiger partial charge in [0.15, 0.2) is 0 Å². The number of nitrogens with one attached hydrogen (secondary N) is 3. The molecule has 0 fully saturated rings. The maximum absolute atomic E-state index is 13.7. The number of carbonyl (C=O) groups excluding carboxylic acids is 2. The Morgan fingerprint density at radius 1 is 0.941 bits per heavy atom. The molecule has 0 heterocycles. The zero-order valence-corrected chi connectivity index (χ0v) is 19.0. The van der Waals surface area contributed by atoms with Crippen molar-refractivity contribution in [3.63, 3.8) is 0 Å². The quantitative estimate of drug-likeness (QED) is 0.396. The van der Waals surface area contributed by atoms with Crippen molar-refractivity contribution < 1.29 is 23.1 Å². The number of rotatable bonds is 10. The van der Waals surface area contributed by atoms with E-state index in [1.165, 1.54) is 0 Å². The lowest BCUT2D eigenvalue weighted by Gasteiger charge is -2.19. The largest absolute Gasteiger partial charge is 0.497 e. The maximum Gasteiger partial charge on any atom is 0.251 e. The van der Waals surface area contributed by atoms with E-state index < -0.39 is 29.5 Å². The van der Waals surface area contributed by atoms with Crippen LogP contribution in [-0.4, -0.2) is 38.1 Å². The summed E-state index contributed by atoms with van der Waals surface area (Å²) in [7, 11) is 1.59. The summed E-state index contributed by atoms with van der Waals surface area (Å²) in [6.45, 7) is 2.57. The van der Waals surface area contributed by atoms with Crippen LogP contribution in [0.4, 0.5) is 14.5 Å². The van der Waals surface area contributed by atoms with Crippen molar-refractivity contribution in [3.05, 3.63) is 95.1 Å². The summed E-state index contributed by atoms with van der Waals surface area (Å²) in [6.07, 6.45) is -0.0655. The molecule has 0 aliphatic heterocycles. The minimum Gasteiger partial charge on any atom is -0.497 e. The van der Waals surface area contributed by atoms with Crippen LogP contribution in [0.25, 0.3) is 0 Å². The number of carbonyl (C=O) groups is 2. The van der Waals surface area contributed by atoms with Crippen LogP contribution in [-0.2, 0) is 11.2 Å². The molecular formula is C26H27F2N3O3. The predicted octanol–water partition coefficient (Wildman–Crippen LogP) is 3.85. The summed E-state index contributed by atoms with van der Waals surface area (Å²) in [5, 5.41) is 8.62. The Labute approximate surface area is 197 Å². The Hall–Kier alpha value is -3.94. The average molecular weight is 468 g/mol. The van der Waals surface area contributed by atoms with Crippen molar-refractivity contribution in [3.8, 4) is 5.75 Å². The first kappa shape index (κ1) is 24.7. The van der Waals surface area contributed by atoms with Crippen LogP contribution < -0.4 is 20.7 Å². The molecule has 6 nitrogen and oxygen atoms in total. The molecule has 3 aromatic rings. The van der Waals surface area contributed by atoms with Crippen molar-refractivity contribution in [2.75, 3.05) is 25.5 Å². The Bertz CT molecular complexity index is 1120. The van der Waals surface area contributed by atoms with Crippen molar-refractivity contribution in [1.82, 2.24) is 10.6 Å². The van der Waals surface area contributed by atoms with E-state index >= 15 is 0 Å². The molecule has 1 atom stereocenters. The highest BCUT2D eigenvalue weighted by Crippen LogP contribution is 2.15. The number of halogens is 2. The fraction of sp³-hybridized carbons (Fsp3) is 0.231. The molecule has 0 saturated carbocycles. The second-order valence-corrected chi connectivity index (χ2v) is 7.82. The molecule has 8 heteroatoms. The molecule has 3 aromatic carbocycles.